The van der Waals surface area contributed by atoms with E-state index in [0.717, 1.165) is 24.9 Å². The van der Waals surface area contributed by atoms with E-state index in [0.29, 0.717) is 24.2 Å². The van der Waals surface area contributed by atoms with Gasteiger partial charge < -0.3 is 57.5 Å². The topological polar surface area (TPSA) is 349 Å². The Hall–Kier alpha value is -5.58. The number of phosphoric acid groups is 1. The Kier molecular flexibility index (Phi) is 28.5. The number of benzene rings is 1. The van der Waals surface area contributed by atoms with Crippen molar-refractivity contribution in [2.75, 3.05) is 69.4 Å². The highest BCUT2D eigenvalue weighted by Crippen LogP contribution is 2.43. The zero-order chi connectivity index (χ0) is 51.9. The van der Waals surface area contributed by atoms with Crippen molar-refractivity contribution in [3.63, 3.8) is 0 Å². The summed E-state index contributed by atoms with van der Waals surface area (Å²) in [6.07, 6.45) is 16.6. The van der Waals surface area contributed by atoms with Crippen LogP contribution in [0.25, 0.3) is 11.2 Å². The molecule has 2 unspecified atom stereocenters. The Labute approximate surface area is 416 Å². The third-order valence-corrected chi connectivity index (χ3v) is 12.1. The second kappa shape index (κ2) is 33.9. The number of nitrogens with zero attached hydrogens (tertiary/aromatic N) is 5. The van der Waals surface area contributed by atoms with Gasteiger partial charge in [-0.2, -0.15) is 9.97 Å². The molecule has 3 atom stereocenters. The zero-order valence-corrected chi connectivity index (χ0v) is 42.2. The van der Waals surface area contributed by atoms with Gasteiger partial charge in [0, 0.05) is 57.3 Å². The van der Waals surface area contributed by atoms with Crippen molar-refractivity contribution in [2.24, 2.45) is 5.73 Å². The van der Waals surface area contributed by atoms with Crippen LogP contribution >= 0.6 is 7.82 Å². The number of rotatable bonds is 39. The van der Waals surface area contributed by atoms with Crippen LogP contribution in [0.5, 0.6) is 0 Å². The Morgan fingerprint density at radius 2 is 1.44 bits per heavy atom. The van der Waals surface area contributed by atoms with Crippen molar-refractivity contribution < 1.29 is 57.1 Å². The van der Waals surface area contributed by atoms with Gasteiger partial charge >= 0.3 is 25.7 Å². The number of esters is 2. The summed E-state index contributed by atoms with van der Waals surface area (Å²) in [5, 5.41) is 17.9. The van der Waals surface area contributed by atoms with E-state index in [1.165, 1.54) is 64.2 Å². The molecule has 0 spiro atoms. The molecule has 0 radical (unpaired) electrons. The van der Waals surface area contributed by atoms with Gasteiger partial charge in [0.05, 0.1) is 38.1 Å². The predicted octanol–water partition coefficient (Wildman–Crippen LogP) is 4.70. The van der Waals surface area contributed by atoms with E-state index in [1.807, 2.05) is 11.9 Å². The number of carboxylic acids is 1. The Morgan fingerprint density at radius 3 is 2.07 bits per heavy atom. The summed E-state index contributed by atoms with van der Waals surface area (Å²) in [4.78, 5) is 91.1. The van der Waals surface area contributed by atoms with Crippen molar-refractivity contribution in [1.29, 1.82) is 0 Å². The van der Waals surface area contributed by atoms with Gasteiger partial charge in [-0.05, 0) is 37.1 Å². The number of phosphoric ester groups is 1. The summed E-state index contributed by atoms with van der Waals surface area (Å²) in [5.41, 5.74) is 19.0. The molecule has 396 valence electrons. The molecule has 23 nitrogen and oxygen atoms in total. The van der Waals surface area contributed by atoms with E-state index in [1.54, 1.807) is 30.5 Å². The summed E-state index contributed by atoms with van der Waals surface area (Å²) in [6.45, 7) is 1.83. The van der Waals surface area contributed by atoms with Crippen molar-refractivity contribution >= 4 is 66.2 Å². The van der Waals surface area contributed by atoms with Crippen molar-refractivity contribution in [3.05, 3.63) is 41.7 Å². The summed E-state index contributed by atoms with van der Waals surface area (Å²) >= 11 is 0. The minimum atomic E-state index is -4.51. The lowest BCUT2D eigenvalue weighted by atomic mass is 10.0. The first-order chi connectivity index (χ1) is 34.1. The standard InChI is InChI=1S/C47H76N11O12P/c1-3-4-5-6-7-8-9-10-11-12-13-14-15-16-17-40(60)67-32-37(33-69-71(65,66)68-29-25-48)70-41(61)24-26-51-27-28-52-39(59)23-22-38(46(63)64)55-45(62)34-18-20-36(21-19-34)58(2)31-35-30-53-44-42(54-35)43(49)56-47(50)57-44/h18-21,30,37-38,51H,3-17,22-29,31-33,48H2,1-2H3,(H,52,59)(H,55,62)(H,63,64)(H,65,66)(H4,49,50,53,56,57)/t37?,38-/m0/s1. The molecular formula is C47H76N11O12P. The van der Waals surface area contributed by atoms with Crippen molar-refractivity contribution in [1.82, 2.24) is 35.9 Å². The Morgan fingerprint density at radius 1 is 0.789 bits per heavy atom. The second-order valence-corrected chi connectivity index (χ2v) is 18.6. The minimum absolute atomic E-state index is 0.00757. The third-order valence-electron chi connectivity index (χ3n) is 11.1. The number of ether oxygens (including phenoxy) is 2. The monoisotopic (exact) mass is 1020 g/mol. The Balaban J connectivity index is 1.32. The van der Waals surface area contributed by atoms with Crippen LogP contribution in [0.2, 0.25) is 0 Å². The van der Waals surface area contributed by atoms with Gasteiger partial charge in [0.15, 0.2) is 23.1 Å². The first kappa shape index (κ1) is 59.7. The van der Waals surface area contributed by atoms with Crippen LogP contribution in [-0.2, 0) is 48.8 Å². The number of aliphatic carboxylic acids is 1. The van der Waals surface area contributed by atoms with Gasteiger partial charge in [0.1, 0.15) is 12.6 Å². The molecule has 0 saturated heterocycles. The summed E-state index contributed by atoms with van der Waals surface area (Å²) in [6, 6.07) is 5.13. The van der Waals surface area contributed by atoms with Crippen LogP contribution in [0, 0.1) is 0 Å². The van der Waals surface area contributed by atoms with E-state index in [-0.39, 0.29) is 81.4 Å². The van der Waals surface area contributed by atoms with Gasteiger partial charge in [-0.25, -0.2) is 19.3 Å². The number of aromatic nitrogens is 4. The molecule has 0 saturated carbocycles. The number of hydrogen-bond acceptors (Lipinski definition) is 19. The number of carbonyl (C=O) groups is 5. The minimum Gasteiger partial charge on any atom is -0.480 e. The smallest absolute Gasteiger partial charge is 0.472 e. The molecule has 0 fully saturated rings. The fourth-order valence-electron chi connectivity index (χ4n) is 7.19. The maximum Gasteiger partial charge on any atom is 0.472 e. The van der Waals surface area contributed by atoms with Crippen LogP contribution in [-0.4, -0.2) is 125 Å². The highest BCUT2D eigenvalue weighted by molar-refractivity contribution is 7.47. The van der Waals surface area contributed by atoms with Gasteiger partial charge in [-0.1, -0.05) is 90.4 Å². The number of carbonyl (C=O) groups excluding carboxylic acids is 4. The molecule has 3 aromatic rings. The molecule has 11 N–H and O–H groups in total. The van der Waals surface area contributed by atoms with Crippen LogP contribution in [0.4, 0.5) is 17.5 Å². The molecule has 0 aliphatic rings. The van der Waals surface area contributed by atoms with Crippen molar-refractivity contribution in [2.45, 2.75) is 141 Å². The normalized spacial score (nSPS) is 13.0. The molecule has 24 heteroatoms. The molecule has 0 bridgehead atoms. The summed E-state index contributed by atoms with van der Waals surface area (Å²) in [5.74, 6) is -3.49. The van der Waals surface area contributed by atoms with E-state index < -0.39 is 62.9 Å². The van der Waals surface area contributed by atoms with E-state index in [9.17, 15) is 38.5 Å². The number of fused-ring (bicyclic) bond motifs is 1. The number of carboxylic acid groups (broad SMARTS) is 1. The fraction of sp³-hybridized carbons (Fsp3) is 0.638. The van der Waals surface area contributed by atoms with Crippen LogP contribution in [0.1, 0.15) is 139 Å². The lowest BCUT2D eigenvalue weighted by Gasteiger charge is -2.20. The van der Waals surface area contributed by atoms with E-state index in [4.69, 9.17) is 35.7 Å². The van der Waals surface area contributed by atoms with E-state index >= 15 is 0 Å². The summed E-state index contributed by atoms with van der Waals surface area (Å²) in [7, 11) is -2.70. The maximum atomic E-state index is 13.0. The van der Waals surface area contributed by atoms with Gasteiger partial charge in [-0.15, -0.1) is 0 Å². The van der Waals surface area contributed by atoms with Crippen LogP contribution in [0.3, 0.4) is 0 Å². The van der Waals surface area contributed by atoms with Crippen molar-refractivity contribution in [3.8, 4) is 0 Å². The number of nitrogens with one attached hydrogen (secondary N) is 3. The number of hydrogen-bond donors (Lipinski definition) is 8. The SMILES string of the molecule is CCCCCCCCCCCCCCCCC(=O)OCC(COP(=O)(O)OCCN)OC(=O)CCNCCNC(=O)CC[C@H](NC(=O)c1ccc(N(C)Cc2cnc3nc(N)nc(N)c3n2)cc1)C(=O)O. The first-order valence-electron chi connectivity index (χ1n) is 24.6. The molecule has 3 rings (SSSR count). The first-order valence-corrected chi connectivity index (χ1v) is 26.1. The molecule has 2 amide bonds. The number of amides is 2. The van der Waals surface area contributed by atoms with E-state index in [2.05, 4.69) is 42.8 Å². The molecule has 2 heterocycles. The molecule has 0 aliphatic carbocycles. The van der Waals surface area contributed by atoms with Crippen LogP contribution in [0.15, 0.2) is 30.5 Å². The highest BCUT2D eigenvalue weighted by Gasteiger charge is 2.26. The maximum absolute atomic E-state index is 13.0. The average Bonchev–Trinajstić information content (AvgIpc) is 3.34. The fourth-order valence-corrected chi connectivity index (χ4v) is 7.96. The average molecular weight is 1020 g/mol. The number of nitrogen functional groups attached to an aromatic ring is 2. The lowest BCUT2D eigenvalue weighted by Crippen LogP contribution is -2.42. The van der Waals surface area contributed by atoms with Crippen LogP contribution < -0.4 is 38.1 Å². The lowest BCUT2D eigenvalue weighted by molar-refractivity contribution is -0.161. The van der Waals surface area contributed by atoms with Gasteiger partial charge in [0.2, 0.25) is 11.9 Å². The zero-order valence-electron chi connectivity index (χ0n) is 41.3. The number of anilines is 3. The second-order valence-electron chi connectivity index (χ2n) is 17.2. The third kappa shape index (κ3) is 25.4. The Bertz CT molecular complexity index is 2140. The van der Waals surface area contributed by atoms with Gasteiger partial charge in [-0.3, -0.25) is 28.2 Å². The van der Waals surface area contributed by atoms with Gasteiger partial charge in [0.25, 0.3) is 5.91 Å². The molecule has 71 heavy (non-hydrogen) atoms. The molecule has 0 aliphatic heterocycles. The number of unbranched alkanes of at least 4 members (excludes halogenated alkanes) is 13. The molecule has 1 aromatic carbocycles. The highest BCUT2D eigenvalue weighted by atomic mass is 31.2. The summed E-state index contributed by atoms with van der Waals surface area (Å²) < 4.78 is 32.6. The quantitative estimate of drug-likeness (QED) is 0.0218. The predicted molar refractivity (Wildman–Crippen MR) is 268 cm³/mol. The molecular weight excluding hydrogens is 942 g/mol. The largest absolute Gasteiger partial charge is 0.480 e. The molecule has 2 aromatic heterocycles. The number of nitrogens with two attached hydrogens (primary N) is 3.